The fourth-order valence-corrected chi connectivity index (χ4v) is 4.24. The van der Waals surface area contributed by atoms with Crippen molar-refractivity contribution in [3.8, 4) is 0 Å². The summed E-state index contributed by atoms with van der Waals surface area (Å²) in [7, 11) is 0. The fraction of sp³-hybridized carbons (Fsp3) is 0.474. The first-order chi connectivity index (χ1) is 13.1. The Morgan fingerprint density at radius 2 is 2.00 bits per heavy atom. The second kappa shape index (κ2) is 8.18. The summed E-state index contributed by atoms with van der Waals surface area (Å²) < 4.78 is 44.8. The lowest BCUT2D eigenvalue weighted by Gasteiger charge is -2.34. The molecule has 1 aromatic heterocycles. The number of alkyl halides is 3. The van der Waals surface area contributed by atoms with Gasteiger partial charge in [-0.25, -0.2) is 4.98 Å². The number of rotatable bonds is 4. The Balaban J connectivity index is 1.82. The molecule has 1 aromatic carbocycles. The summed E-state index contributed by atoms with van der Waals surface area (Å²) in [5, 5.41) is 2.19. The monoisotopic (exact) mass is 413 g/mol. The topological polar surface area (TPSA) is 45.7 Å². The van der Waals surface area contributed by atoms with E-state index in [1.54, 1.807) is 0 Å². The molecule has 0 spiro atoms. The van der Waals surface area contributed by atoms with Gasteiger partial charge in [0.25, 0.3) is 0 Å². The van der Waals surface area contributed by atoms with Crippen molar-refractivity contribution < 1.29 is 22.7 Å². The predicted molar refractivity (Wildman–Crippen MR) is 102 cm³/mol. The lowest BCUT2D eigenvalue weighted by Crippen LogP contribution is -2.44. The molecule has 28 heavy (non-hydrogen) atoms. The molecule has 5 nitrogen and oxygen atoms in total. The van der Waals surface area contributed by atoms with E-state index in [1.807, 2.05) is 19.2 Å². The van der Waals surface area contributed by atoms with Crippen LogP contribution >= 0.6 is 11.3 Å². The van der Waals surface area contributed by atoms with E-state index in [2.05, 4.69) is 9.88 Å². The molecule has 1 aliphatic heterocycles. The summed E-state index contributed by atoms with van der Waals surface area (Å²) in [5.41, 5.74) is 0.126. The number of thiazole rings is 1. The van der Waals surface area contributed by atoms with Gasteiger partial charge in [0, 0.05) is 31.9 Å². The number of hydrogen-bond donors (Lipinski definition) is 0. The second-order valence-electron chi connectivity index (χ2n) is 6.98. The number of anilines is 2. The average molecular weight is 413 g/mol. The van der Waals surface area contributed by atoms with Crippen LogP contribution in [0.2, 0.25) is 0 Å². The summed E-state index contributed by atoms with van der Waals surface area (Å²) in [4.78, 5) is 20.1. The van der Waals surface area contributed by atoms with Gasteiger partial charge in [-0.15, -0.1) is 11.3 Å². The molecule has 1 saturated heterocycles. The zero-order valence-corrected chi connectivity index (χ0v) is 16.7. The quantitative estimate of drug-likeness (QED) is 0.743. The highest BCUT2D eigenvalue weighted by Gasteiger charge is 2.31. The van der Waals surface area contributed by atoms with Crippen molar-refractivity contribution >= 4 is 28.1 Å². The number of morpholine rings is 1. The van der Waals surface area contributed by atoms with Crippen LogP contribution in [-0.2, 0) is 22.3 Å². The zero-order chi connectivity index (χ0) is 20.5. The van der Waals surface area contributed by atoms with Crippen molar-refractivity contribution in [2.24, 2.45) is 0 Å². The molecule has 1 fully saturated rings. The van der Waals surface area contributed by atoms with E-state index in [1.165, 1.54) is 35.3 Å². The molecule has 0 radical (unpaired) electrons. The number of aromatic nitrogens is 1. The minimum atomic E-state index is -4.48. The zero-order valence-electron chi connectivity index (χ0n) is 15.9. The van der Waals surface area contributed by atoms with Gasteiger partial charge in [0.2, 0.25) is 5.91 Å². The van der Waals surface area contributed by atoms with Crippen molar-refractivity contribution in [3.05, 3.63) is 40.9 Å². The number of nitrogens with zero attached hydrogens (tertiary/aromatic N) is 3. The minimum absolute atomic E-state index is 0.126. The number of carbonyl (C=O) groups is 1. The Morgan fingerprint density at radius 3 is 2.61 bits per heavy atom. The van der Waals surface area contributed by atoms with E-state index in [-0.39, 0.29) is 17.9 Å². The molecule has 3 rings (SSSR count). The molecule has 2 atom stereocenters. The van der Waals surface area contributed by atoms with E-state index in [9.17, 15) is 18.0 Å². The maximum Gasteiger partial charge on any atom is 0.416 e. The Hall–Kier alpha value is -1.97. The van der Waals surface area contributed by atoms with Crippen LogP contribution in [0.5, 0.6) is 0 Å². The van der Waals surface area contributed by atoms with E-state index < -0.39 is 17.6 Å². The highest BCUT2D eigenvalue weighted by molar-refractivity contribution is 7.14. The van der Waals surface area contributed by atoms with Crippen LogP contribution in [0.25, 0.3) is 0 Å². The Kier molecular flexibility index (Phi) is 6.07. The summed E-state index contributed by atoms with van der Waals surface area (Å²) >= 11 is 1.24. The van der Waals surface area contributed by atoms with Gasteiger partial charge >= 0.3 is 6.18 Å². The molecule has 0 saturated carbocycles. The summed E-state index contributed by atoms with van der Waals surface area (Å²) in [6.07, 6.45) is -4.22. The molecule has 2 aromatic rings. The Bertz CT molecular complexity index is 830. The highest BCUT2D eigenvalue weighted by Crippen LogP contribution is 2.35. The lowest BCUT2D eigenvalue weighted by atomic mass is 10.2. The third kappa shape index (κ3) is 4.89. The SMILES string of the molecule is CC(=O)N(c1cccc(C(F)(F)F)c1)c1nc(CN2C[C@@H](C)O[C@H](C)C2)cs1. The summed E-state index contributed by atoms with van der Waals surface area (Å²) in [6.45, 7) is 7.50. The van der Waals surface area contributed by atoms with E-state index in [0.29, 0.717) is 11.7 Å². The Morgan fingerprint density at radius 1 is 1.32 bits per heavy atom. The smallest absolute Gasteiger partial charge is 0.373 e. The first-order valence-corrected chi connectivity index (χ1v) is 9.81. The van der Waals surface area contributed by atoms with Crippen LogP contribution in [0.3, 0.4) is 0 Å². The number of benzene rings is 1. The van der Waals surface area contributed by atoms with Crippen LogP contribution in [0.4, 0.5) is 24.0 Å². The highest BCUT2D eigenvalue weighted by atomic mass is 32.1. The third-order valence-corrected chi connectivity index (χ3v) is 5.23. The molecule has 0 unspecified atom stereocenters. The van der Waals surface area contributed by atoms with E-state index >= 15 is 0 Å². The number of halogens is 3. The molecule has 0 aliphatic carbocycles. The van der Waals surface area contributed by atoms with Crippen molar-refractivity contribution in [2.75, 3.05) is 18.0 Å². The summed E-state index contributed by atoms with van der Waals surface area (Å²) in [6, 6.07) is 4.71. The van der Waals surface area contributed by atoms with Gasteiger partial charge < -0.3 is 4.74 Å². The number of ether oxygens (including phenoxy) is 1. The first kappa shape index (κ1) is 20.8. The average Bonchev–Trinajstić information content (AvgIpc) is 3.01. The molecule has 2 heterocycles. The Labute approximate surface area is 165 Å². The van der Waals surface area contributed by atoms with Crippen molar-refractivity contribution in [2.45, 2.75) is 45.7 Å². The molecule has 0 bridgehead atoms. The van der Waals surface area contributed by atoms with Crippen LogP contribution in [0, 0.1) is 0 Å². The molecule has 1 aliphatic rings. The van der Waals surface area contributed by atoms with Crippen LogP contribution in [0.15, 0.2) is 29.6 Å². The molecule has 9 heteroatoms. The van der Waals surface area contributed by atoms with Gasteiger partial charge in [-0.3, -0.25) is 14.6 Å². The summed E-state index contributed by atoms with van der Waals surface area (Å²) in [5.74, 6) is -0.395. The number of hydrogen-bond acceptors (Lipinski definition) is 5. The van der Waals surface area contributed by atoms with Gasteiger partial charge in [0.05, 0.1) is 29.2 Å². The van der Waals surface area contributed by atoms with Gasteiger partial charge in [0.15, 0.2) is 5.13 Å². The predicted octanol–water partition coefficient (Wildman–Crippen LogP) is 4.46. The number of carbonyl (C=O) groups excluding carboxylic acids is 1. The third-order valence-electron chi connectivity index (χ3n) is 4.36. The lowest BCUT2D eigenvalue weighted by molar-refractivity contribution is -0.137. The standard InChI is InChI=1S/C19H22F3N3O2S/c1-12-8-24(9-13(2)27-12)10-16-11-28-18(23-16)25(14(3)26)17-6-4-5-15(7-17)19(20,21)22/h4-7,11-13H,8-10H2,1-3H3/t12-,13-/m1/s1. The maximum absolute atomic E-state index is 13.0. The fourth-order valence-electron chi connectivity index (χ4n) is 3.36. The van der Waals surface area contributed by atoms with Gasteiger partial charge in [-0.2, -0.15) is 13.2 Å². The van der Waals surface area contributed by atoms with Gasteiger partial charge in [0.1, 0.15) is 0 Å². The van der Waals surface area contributed by atoms with Crippen LogP contribution in [-0.4, -0.2) is 41.1 Å². The molecular formula is C19H22F3N3O2S. The number of amides is 1. The normalized spacial score (nSPS) is 20.9. The molecule has 1 amide bonds. The molecule has 152 valence electrons. The minimum Gasteiger partial charge on any atom is -0.373 e. The van der Waals surface area contributed by atoms with Gasteiger partial charge in [-0.05, 0) is 32.0 Å². The van der Waals surface area contributed by atoms with Crippen molar-refractivity contribution in [3.63, 3.8) is 0 Å². The van der Waals surface area contributed by atoms with Crippen LogP contribution in [0.1, 0.15) is 32.0 Å². The van der Waals surface area contributed by atoms with E-state index in [4.69, 9.17) is 4.74 Å². The molecular weight excluding hydrogens is 391 g/mol. The second-order valence-corrected chi connectivity index (χ2v) is 7.81. The van der Waals surface area contributed by atoms with Crippen molar-refractivity contribution in [1.82, 2.24) is 9.88 Å². The van der Waals surface area contributed by atoms with E-state index in [0.717, 1.165) is 30.9 Å². The first-order valence-electron chi connectivity index (χ1n) is 8.93. The van der Waals surface area contributed by atoms with Crippen molar-refractivity contribution in [1.29, 1.82) is 0 Å². The maximum atomic E-state index is 13.0. The van der Waals surface area contributed by atoms with Gasteiger partial charge in [-0.1, -0.05) is 6.07 Å². The molecule has 0 N–H and O–H groups in total. The largest absolute Gasteiger partial charge is 0.416 e. The van der Waals surface area contributed by atoms with Crippen LogP contribution < -0.4 is 4.90 Å².